The van der Waals surface area contributed by atoms with Gasteiger partial charge < -0.3 is 4.90 Å². The Hall–Kier alpha value is -3.26. The summed E-state index contributed by atoms with van der Waals surface area (Å²) in [6.07, 6.45) is -0.181. The van der Waals surface area contributed by atoms with Crippen molar-refractivity contribution in [2.45, 2.75) is 38.8 Å². The summed E-state index contributed by atoms with van der Waals surface area (Å²) in [6.45, 7) is 5.22. The van der Waals surface area contributed by atoms with E-state index in [1.807, 2.05) is 0 Å². The van der Waals surface area contributed by atoms with E-state index in [0.29, 0.717) is 10.7 Å². The maximum Gasteiger partial charge on any atom is 0.270 e. The summed E-state index contributed by atoms with van der Waals surface area (Å²) in [5, 5.41) is 11.5. The number of carbonyl (C=O) groups is 3. The van der Waals surface area contributed by atoms with E-state index in [2.05, 4.69) is 0 Å². The number of imide groups is 1. The van der Waals surface area contributed by atoms with E-state index < -0.39 is 34.2 Å². The summed E-state index contributed by atoms with van der Waals surface area (Å²) in [4.78, 5) is 52.0. The van der Waals surface area contributed by atoms with Crippen molar-refractivity contribution in [3.8, 4) is 0 Å². The number of nitro benzene ring substituents is 1. The Morgan fingerprint density at radius 2 is 1.80 bits per heavy atom. The fourth-order valence-electron chi connectivity index (χ4n) is 3.48. The van der Waals surface area contributed by atoms with Gasteiger partial charge in [0.15, 0.2) is 0 Å². The van der Waals surface area contributed by atoms with E-state index in [1.54, 1.807) is 45.0 Å². The van der Waals surface area contributed by atoms with Crippen LogP contribution in [0.1, 0.15) is 37.6 Å². The molecule has 1 aliphatic heterocycles. The molecule has 1 unspecified atom stereocenters. The molecule has 1 heterocycles. The number of rotatable bonds is 4. The third kappa shape index (κ3) is 4.04. The van der Waals surface area contributed by atoms with Gasteiger partial charge in [0.1, 0.15) is 6.04 Å². The number of amides is 3. The molecule has 1 fully saturated rings. The summed E-state index contributed by atoms with van der Waals surface area (Å²) in [5.74, 6) is -1.53. The Kier molecular flexibility index (Phi) is 5.63. The van der Waals surface area contributed by atoms with Gasteiger partial charge in [0, 0.05) is 28.3 Å². The van der Waals surface area contributed by atoms with Crippen LogP contribution in [0.3, 0.4) is 0 Å². The zero-order valence-electron chi connectivity index (χ0n) is 16.7. The largest absolute Gasteiger partial charge is 0.321 e. The van der Waals surface area contributed by atoms with Crippen LogP contribution < -0.4 is 4.90 Å². The molecule has 156 valence electrons. The van der Waals surface area contributed by atoms with Crippen LogP contribution in [0.25, 0.3) is 0 Å². The van der Waals surface area contributed by atoms with Gasteiger partial charge in [-0.1, -0.05) is 17.7 Å². The molecule has 2 aromatic rings. The maximum atomic E-state index is 13.3. The molecule has 0 radical (unpaired) electrons. The van der Waals surface area contributed by atoms with E-state index in [9.17, 15) is 24.5 Å². The number of hydrogen-bond acceptors (Lipinski definition) is 5. The predicted molar refractivity (Wildman–Crippen MR) is 111 cm³/mol. The Morgan fingerprint density at radius 3 is 2.37 bits per heavy atom. The summed E-state index contributed by atoms with van der Waals surface area (Å²) < 4.78 is 0. The number of nitrogens with zero attached hydrogens (tertiary/aromatic N) is 3. The van der Waals surface area contributed by atoms with Crippen molar-refractivity contribution < 1.29 is 19.3 Å². The Bertz CT molecular complexity index is 1030. The molecule has 1 aliphatic rings. The molecular formula is C21H20ClN3O5. The summed E-state index contributed by atoms with van der Waals surface area (Å²) >= 11 is 5.89. The second-order valence-corrected chi connectivity index (χ2v) is 8.35. The fraction of sp³-hybridized carbons (Fsp3) is 0.286. The smallest absolute Gasteiger partial charge is 0.270 e. The molecule has 2 aromatic carbocycles. The molecule has 3 rings (SSSR count). The minimum atomic E-state index is -1.03. The predicted octanol–water partition coefficient (Wildman–Crippen LogP) is 3.82. The third-order valence-corrected chi connectivity index (χ3v) is 5.02. The van der Waals surface area contributed by atoms with E-state index in [-0.39, 0.29) is 17.7 Å². The van der Waals surface area contributed by atoms with Crippen LogP contribution in [0.4, 0.5) is 11.4 Å². The lowest BCUT2D eigenvalue weighted by atomic mass is 9.99. The quantitative estimate of drug-likeness (QED) is 0.417. The highest BCUT2D eigenvalue weighted by molar-refractivity contribution is 6.31. The molecule has 0 aliphatic carbocycles. The molecule has 1 atom stereocenters. The minimum absolute atomic E-state index is 0.0734. The van der Waals surface area contributed by atoms with Crippen molar-refractivity contribution in [1.82, 2.24) is 4.90 Å². The standard InChI is InChI=1S/C21H20ClN3O5/c1-21(2,3)24(19(27)13-5-4-6-16(11-13)25(29)30)17-12-18(26)23(20(17)28)15-9-7-14(22)8-10-15/h4-11,17H,12H2,1-3H3. The molecule has 8 nitrogen and oxygen atoms in total. The van der Waals surface area contributed by atoms with Gasteiger partial charge in [0.25, 0.3) is 17.5 Å². The number of benzene rings is 2. The number of halogens is 1. The van der Waals surface area contributed by atoms with Gasteiger partial charge in [-0.15, -0.1) is 0 Å². The first-order chi connectivity index (χ1) is 14.0. The third-order valence-electron chi connectivity index (χ3n) is 4.76. The number of nitro groups is 1. The number of anilines is 1. The van der Waals surface area contributed by atoms with Crippen molar-refractivity contribution in [3.63, 3.8) is 0 Å². The van der Waals surface area contributed by atoms with E-state index >= 15 is 0 Å². The number of hydrogen-bond donors (Lipinski definition) is 0. The Balaban J connectivity index is 1.98. The molecule has 0 aromatic heterocycles. The summed E-state index contributed by atoms with van der Waals surface area (Å²) in [6, 6.07) is 10.5. The van der Waals surface area contributed by atoms with Gasteiger partial charge in [0.2, 0.25) is 5.91 Å². The Labute approximate surface area is 178 Å². The fourth-order valence-corrected chi connectivity index (χ4v) is 3.61. The average Bonchev–Trinajstić information content (AvgIpc) is 2.95. The van der Waals surface area contributed by atoms with Crippen LogP contribution in [0, 0.1) is 10.1 Å². The second-order valence-electron chi connectivity index (χ2n) is 7.92. The highest BCUT2D eigenvalue weighted by Crippen LogP contribution is 2.31. The molecule has 30 heavy (non-hydrogen) atoms. The number of non-ortho nitro benzene ring substituents is 1. The van der Waals surface area contributed by atoms with E-state index in [1.165, 1.54) is 29.2 Å². The van der Waals surface area contributed by atoms with Gasteiger partial charge in [-0.3, -0.25) is 24.5 Å². The number of carbonyl (C=O) groups excluding carboxylic acids is 3. The zero-order chi connectivity index (χ0) is 22.2. The minimum Gasteiger partial charge on any atom is -0.321 e. The van der Waals surface area contributed by atoms with E-state index in [4.69, 9.17) is 11.6 Å². The topological polar surface area (TPSA) is 101 Å². The molecule has 0 N–H and O–H groups in total. The summed E-state index contributed by atoms with van der Waals surface area (Å²) in [5.41, 5.74) is -0.609. The van der Waals surface area contributed by atoms with Crippen LogP contribution in [-0.4, -0.2) is 39.1 Å². The van der Waals surface area contributed by atoms with Crippen LogP contribution in [0.5, 0.6) is 0 Å². The molecule has 0 spiro atoms. The van der Waals surface area contributed by atoms with Crippen LogP contribution in [-0.2, 0) is 9.59 Å². The first kappa shape index (κ1) is 21.4. The second kappa shape index (κ2) is 7.87. The average molecular weight is 430 g/mol. The van der Waals surface area contributed by atoms with Crippen molar-refractivity contribution >= 4 is 40.7 Å². The van der Waals surface area contributed by atoms with Crippen molar-refractivity contribution in [1.29, 1.82) is 0 Å². The molecular weight excluding hydrogens is 410 g/mol. The first-order valence-electron chi connectivity index (χ1n) is 9.21. The lowest BCUT2D eigenvalue weighted by Crippen LogP contribution is -2.54. The highest BCUT2D eigenvalue weighted by atomic mass is 35.5. The van der Waals surface area contributed by atoms with Crippen molar-refractivity contribution in [2.75, 3.05) is 4.90 Å². The lowest BCUT2D eigenvalue weighted by molar-refractivity contribution is -0.384. The van der Waals surface area contributed by atoms with Gasteiger partial charge in [-0.2, -0.15) is 0 Å². The van der Waals surface area contributed by atoms with Gasteiger partial charge in [-0.05, 0) is 51.1 Å². The van der Waals surface area contributed by atoms with Gasteiger partial charge in [0.05, 0.1) is 17.0 Å². The monoisotopic (exact) mass is 429 g/mol. The Morgan fingerprint density at radius 1 is 1.17 bits per heavy atom. The maximum absolute atomic E-state index is 13.3. The van der Waals surface area contributed by atoms with Gasteiger partial charge in [-0.25, -0.2) is 4.90 Å². The molecule has 0 bridgehead atoms. The van der Waals surface area contributed by atoms with E-state index in [0.717, 1.165) is 4.90 Å². The summed E-state index contributed by atoms with van der Waals surface area (Å²) in [7, 11) is 0. The van der Waals surface area contributed by atoms with Crippen molar-refractivity contribution in [3.05, 3.63) is 69.2 Å². The first-order valence-corrected chi connectivity index (χ1v) is 9.59. The van der Waals surface area contributed by atoms with Crippen molar-refractivity contribution in [2.24, 2.45) is 0 Å². The zero-order valence-corrected chi connectivity index (χ0v) is 17.4. The molecule has 3 amide bonds. The molecule has 9 heteroatoms. The molecule has 0 saturated carbocycles. The highest BCUT2D eigenvalue weighted by Gasteiger charge is 2.47. The van der Waals surface area contributed by atoms with Crippen LogP contribution >= 0.6 is 11.6 Å². The SMILES string of the molecule is CC(C)(C)N(C(=O)c1cccc([N+](=O)[O-])c1)C1CC(=O)N(c2ccc(Cl)cc2)C1=O. The lowest BCUT2D eigenvalue weighted by Gasteiger charge is -2.39. The van der Waals surface area contributed by atoms with Crippen LogP contribution in [0.2, 0.25) is 5.02 Å². The normalized spacial score (nSPS) is 16.7. The molecule has 1 saturated heterocycles. The van der Waals surface area contributed by atoms with Crippen LogP contribution in [0.15, 0.2) is 48.5 Å². The van der Waals surface area contributed by atoms with Gasteiger partial charge >= 0.3 is 0 Å².